The molecule has 4 aromatic carbocycles. The van der Waals surface area contributed by atoms with Gasteiger partial charge in [0, 0.05) is 33.8 Å². The van der Waals surface area contributed by atoms with E-state index in [4.69, 9.17) is 14.7 Å². The van der Waals surface area contributed by atoms with E-state index in [1.807, 2.05) is 91.1 Å². The summed E-state index contributed by atoms with van der Waals surface area (Å²) in [6, 6.07) is 39.3. The van der Waals surface area contributed by atoms with Gasteiger partial charge in [-0.1, -0.05) is 84.9 Å². The van der Waals surface area contributed by atoms with Crippen molar-refractivity contribution in [3.63, 3.8) is 0 Å². The maximum absolute atomic E-state index is 15.1. The van der Waals surface area contributed by atoms with Gasteiger partial charge in [0.15, 0.2) is 7.14 Å². The minimum absolute atomic E-state index is 0.414. The minimum atomic E-state index is -3.25. The van der Waals surface area contributed by atoms with Gasteiger partial charge in [-0.2, -0.15) is 0 Å². The number of ether oxygens (including phenoxy) is 1. The summed E-state index contributed by atoms with van der Waals surface area (Å²) in [7, 11) is -3.25. The van der Waals surface area contributed by atoms with Crippen molar-refractivity contribution in [2.24, 2.45) is 0 Å². The maximum Gasteiger partial charge on any atom is 0.219 e. The molecule has 1 aliphatic heterocycles. The number of hydrogen-bond donors (Lipinski definition) is 0. The average Bonchev–Trinajstić information content (AvgIpc) is 3.22. The first-order valence-electron chi connectivity index (χ1n) is 12.1. The van der Waals surface area contributed by atoms with Gasteiger partial charge in [-0.3, -0.25) is 4.98 Å². The molecule has 0 saturated carbocycles. The highest BCUT2D eigenvalue weighted by Gasteiger charge is 2.41. The second-order valence-corrected chi connectivity index (χ2v) is 11.7. The third-order valence-corrected chi connectivity index (χ3v) is 9.81. The molecule has 0 saturated heterocycles. The molecule has 0 aliphatic carbocycles. The molecule has 176 valence electrons. The van der Waals surface area contributed by atoms with Crippen LogP contribution in [0.1, 0.15) is 0 Å². The standard InChI is InChI=1S/C32H21N2O2P/c35-37(32-16-8-15-31(34-32)36-25-11-2-1-3-12-25)29-14-7-6-13-26(29)27-18-17-23(20-30(27)37)28-19-22-9-4-5-10-24(22)21-33-28/h1-21H. The zero-order valence-corrected chi connectivity index (χ0v) is 20.7. The van der Waals surface area contributed by atoms with Crippen molar-refractivity contribution >= 4 is 34.0 Å². The van der Waals surface area contributed by atoms with Crippen LogP contribution in [-0.2, 0) is 4.57 Å². The fourth-order valence-electron chi connectivity index (χ4n) is 5.02. The van der Waals surface area contributed by atoms with Gasteiger partial charge < -0.3 is 9.30 Å². The first-order chi connectivity index (χ1) is 18.2. The Labute approximate surface area is 214 Å². The summed E-state index contributed by atoms with van der Waals surface area (Å²) in [5.41, 5.74) is 4.23. The van der Waals surface area contributed by atoms with Crippen molar-refractivity contribution in [3.8, 4) is 34.0 Å². The summed E-state index contributed by atoms with van der Waals surface area (Å²) < 4.78 is 21.1. The summed E-state index contributed by atoms with van der Waals surface area (Å²) in [5.74, 6) is 1.10. The summed E-state index contributed by atoms with van der Waals surface area (Å²) in [5, 5.41) is 3.79. The van der Waals surface area contributed by atoms with Gasteiger partial charge in [-0.25, -0.2) is 4.98 Å². The molecule has 0 spiro atoms. The Hall–Kier alpha value is -4.53. The normalized spacial score (nSPS) is 15.8. The molecule has 3 heterocycles. The average molecular weight is 497 g/mol. The molecule has 4 nitrogen and oxygen atoms in total. The first-order valence-corrected chi connectivity index (χ1v) is 13.8. The molecule has 1 unspecified atom stereocenters. The van der Waals surface area contributed by atoms with Crippen LogP contribution >= 0.6 is 7.14 Å². The van der Waals surface area contributed by atoms with Crippen molar-refractivity contribution in [3.05, 3.63) is 128 Å². The monoisotopic (exact) mass is 496 g/mol. The third-order valence-electron chi connectivity index (χ3n) is 6.79. The largest absolute Gasteiger partial charge is 0.439 e. The molecule has 1 atom stereocenters. The Kier molecular flexibility index (Phi) is 5.02. The van der Waals surface area contributed by atoms with E-state index in [9.17, 15) is 0 Å². The quantitative estimate of drug-likeness (QED) is 0.254. The number of para-hydroxylation sites is 1. The van der Waals surface area contributed by atoms with Crippen molar-refractivity contribution in [2.75, 3.05) is 0 Å². The number of benzene rings is 4. The Morgan fingerprint density at radius 2 is 1.38 bits per heavy atom. The van der Waals surface area contributed by atoms with Crippen molar-refractivity contribution < 1.29 is 9.30 Å². The molecule has 2 aromatic heterocycles. The van der Waals surface area contributed by atoms with Crippen LogP contribution in [0.5, 0.6) is 11.6 Å². The molecule has 7 rings (SSSR count). The van der Waals surface area contributed by atoms with Crippen molar-refractivity contribution in [1.29, 1.82) is 0 Å². The number of nitrogens with zero attached hydrogens (tertiary/aromatic N) is 2. The second-order valence-electron chi connectivity index (χ2n) is 9.02. The van der Waals surface area contributed by atoms with E-state index in [1.54, 1.807) is 6.07 Å². The zero-order valence-electron chi connectivity index (χ0n) is 19.8. The van der Waals surface area contributed by atoms with Gasteiger partial charge in [0.05, 0.1) is 5.69 Å². The maximum atomic E-state index is 15.1. The van der Waals surface area contributed by atoms with Crippen LogP contribution in [-0.4, -0.2) is 9.97 Å². The molecular weight excluding hydrogens is 475 g/mol. The lowest BCUT2D eigenvalue weighted by Crippen LogP contribution is -2.23. The molecule has 0 N–H and O–H groups in total. The van der Waals surface area contributed by atoms with Gasteiger partial charge in [-0.15, -0.1) is 0 Å². The highest BCUT2D eigenvalue weighted by Crippen LogP contribution is 2.52. The van der Waals surface area contributed by atoms with E-state index in [0.29, 0.717) is 17.1 Å². The van der Waals surface area contributed by atoms with Crippen LogP contribution in [0.25, 0.3) is 33.2 Å². The lowest BCUT2D eigenvalue weighted by atomic mass is 10.0. The summed E-state index contributed by atoms with van der Waals surface area (Å²) in [6.45, 7) is 0. The highest BCUT2D eigenvalue weighted by molar-refractivity contribution is 7.86. The number of rotatable bonds is 4. The van der Waals surface area contributed by atoms with Crippen LogP contribution in [0.4, 0.5) is 0 Å². The van der Waals surface area contributed by atoms with Crippen LogP contribution in [0.3, 0.4) is 0 Å². The van der Waals surface area contributed by atoms with Gasteiger partial charge in [0.1, 0.15) is 11.2 Å². The van der Waals surface area contributed by atoms with Gasteiger partial charge in [0.2, 0.25) is 5.88 Å². The minimum Gasteiger partial charge on any atom is -0.439 e. The molecule has 0 radical (unpaired) electrons. The zero-order chi connectivity index (χ0) is 24.8. The van der Waals surface area contributed by atoms with Crippen LogP contribution in [0.15, 0.2) is 128 Å². The van der Waals surface area contributed by atoms with E-state index in [1.165, 1.54) is 0 Å². The number of fused-ring (bicyclic) bond motifs is 4. The second kappa shape index (κ2) is 8.55. The summed E-state index contributed by atoms with van der Waals surface area (Å²) in [6.07, 6.45) is 1.89. The molecule has 6 aromatic rings. The topological polar surface area (TPSA) is 52.1 Å². The van der Waals surface area contributed by atoms with Crippen LogP contribution < -0.4 is 20.8 Å². The number of hydrogen-bond acceptors (Lipinski definition) is 4. The van der Waals surface area contributed by atoms with E-state index < -0.39 is 7.14 Å². The van der Waals surface area contributed by atoms with Crippen LogP contribution in [0.2, 0.25) is 0 Å². The number of aromatic nitrogens is 2. The molecule has 1 aliphatic rings. The summed E-state index contributed by atoms with van der Waals surface area (Å²) >= 11 is 0. The summed E-state index contributed by atoms with van der Waals surface area (Å²) in [4.78, 5) is 9.47. The number of pyridine rings is 2. The van der Waals surface area contributed by atoms with Crippen LogP contribution in [0, 0.1) is 0 Å². The molecule has 0 bridgehead atoms. The van der Waals surface area contributed by atoms with Gasteiger partial charge in [-0.05, 0) is 46.8 Å². The van der Waals surface area contributed by atoms with Gasteiger partial charge >= 0.3 is 0 Å². The Balaban J connectivity index is 1.38. The first kappa shape index (κ1) is 21.7. The Morgan fingerprint density at radius 1 is 0.622 bits per heavy atom. The smallest absolute Gasteiger partial charge is 0.219 e. The third kappa shape index (κ3) is 3.57. The molecule has 37 heavy (non-hydrogen) atoms. The fourth-order valence-corrected chi connectivity index (χ4v) is 7.99. The Bertz CT molecular complexity index is 1850. The predicted molar refractivity (Wildman–Crippen MR) is 150 cm³/mol. The van der Waals surface area contributed by atoms with Crippen molar-refractivity contribution in [1.82, 2.24) is 9.97 Å². The molecule has 0 fully saturated rings. The molecule has 0 amide bonds. The Morgan fingerprint density at radius 3 is 2.27 bits per heavy atom. The lowest BCUT2D eigenvalue weighted by molar-refractivity contribution is 0.464. The van der Waals surface area contributed by atoms with E-state index >= 15 is 4.57 Å². The van der Waals surface area contributed by atoms with Crippen molar-refractivity contribution in [2.45, 2.75) is 0 Å². The predicted octanol–water partition coefficient (Wildman–Crippen LogP) is 6.71. The molecular formula is C32H21N2O2P. The van der Waals surface area contributed by atoms with Gasteiger partial charge in [0.25, 0.3) is 0 Å². The molecule has 5 heteroatoms. The van der Waals surface area contributed by atoms with E-state index in [-0.39, 0.29) is 0 Å². The van der Waals surface area contributed by atoms with E-state index in [2.05, 4.69) is 30.3 Å². The van der Waals surface area contributed by atoms with E-state index in [0.717, 1.165) is 43.8 Å². The highest BCUT2D eigenvalue weighted by atomic mass is 31.2. The fraction of sp³-hybridized carbons (Fsp3) is 0. The SMILES string of the molecule is O=P1(c2cccc(Oc3ccccc3)n2)c2ccccc2-c2ccc(-c3cc4ccccc4cn3)cc21. The lowest BCUT2D eigenvalue weighted by Gasteiger charge is -2.16.